The van der Waals surface area contributed by atoms with E-state index in [1.807, 2.05) is 6.07 Å². The first-order chi connectivity index (χ1) is 12.2. The quantitative estimate of drug-likeness (QED) is 0.511. The van der Waals surface area contributed by atoms with Crippen molar-refractivity contribution in [2.24, 2.45) is 5.92 Å². The summed E-state index contributed by atoms with van der Waals surface area (Å²) in [6.45, 7) is 4.46. The fourth-order valence-corrected chi connectivity index (χ4v) is 4.35. The van der Waals surface area contributed by atoms with E-state index in [2.05, 4.69) is 44.2 Å². The van der Waals surface area contributed by atoms with Gasteiger partial charge in [0.15, 0.2) is 0 Å². The topological polar surface area (TPSA) is 0 Å². The van der Waals surface area contributed by atoms with Crippen LogP contribution < -0.4 is 0 Å². The predicted molar refractivity (Wildman–Crippen MR) is 105 cm³/mol. The van der Waals surface area contributed by atoms with Crippen LogP contribution in [0.4, 0.5) is 4.39 Å². The van der Waals surface area contributed by atoms with Gasteiger partial charge in [-0.05, 0) is 66.7 Å². The lowest BCUT2D eigenvalue weighted by molar-refractivity contribution is 0.308. The van der Waals surface area contributed by atoms with E-state index in [0.717, 1.165) is 29.9 Å². The Kier molecular flexibility index (Phi) is 6.29. The van der Waals surface area contributed by atoms with Crippen LogP contribution in [-0.2, 0) is 6.42 Å². The highest BCUT2D eigenvalue weighted by Gasteiger charge is 2.22. The molecule has 0 aromatic heterocycles. The molecule has 0 unspecified atom stereocenters. The second-order valence-electron chi connectivity index (χ2n) is 7.69. The summed E-state index contributed by atoms with van der Waals surface area (Å²) in [7, 11) is 0. The van der Waals surface area contributed by atoms with Crippen LogP contribution in [0.15, 0.2) is 42.5 Å². The van der Waals surface area contributed by atoms with Crippen LogP contribution in [0.2, 0.25) is 0 Å². The van der Waals surface area contributed by atoms with Crippen molar-refractivity contribution in [3.63, 3.8) is 0 Å². The first kappa shape index (κ1) is 18.2. The van der Waals surface area contributed by atoms with Gasteiger partial charge in [-0.1, -0.05) is 69.5 Å². The van der Waals surface area contributed by atoms with Gasteiger partial charge in [-0.25, -0.2) is 4.39 Å². The normalized spacial score (nSPS) is 20.6. The molecule has 0 N–H and O–H groups in total. The smallest absolute Gasteiger partial charge is 0.131 e. The molecule has 0 saturated heterocycles. The summed E-state index contributed by atoms with van der Waals surface area (Å²) in [5, 5.41) is 0. The summed E-state index contributed by atoms with van der Waals surface area (Å²) < 4.78 is 14.7. The molecule has 0 amide bonds. The van der Waals surface area contributed by atoms with E-state index in [-0.39, 0.29) is 5.82 Å². The minimum absolute atomic E-state index is 0.0728. The Bertz CT molecular complexity index is 663. The molecule has 2 aromatic rings. The van der Waals surface area contributed by atoms with Gasteiger partial charge in [-0.15, -0.1) is 0 Å². The van der Waals surface area contributed by atoms with Crippen LogP contribution in [0.3, 0.4) is 0 Å². The van der Waals surface area contributed by atoms with Crippen LogP contribution in [-0.4, -0.2) is 0 Å². The molecule has 1 aliphatic rings. The lowest BCUT2D eigenvalue weighted by Crippen LogP contribution is -2.13. The Morgan fingerprint density at radius 1 is 0.880 bits per heavy atom. The van der Waals surface area contributed by atoms with Gasteiger partial charge in [0.2, 0.25) is 0 Å². The number of benzene rings is 2. The zero-order chi connectivity index (χ0) is 17.6. The number of aryl methyl sites for hydroxylation is 1. The third-order valence-electron chi connectivity index (χ3n) is 5.81. The van der Waals surface area contributed by atoms with Gasteiger partial charge < -0.3 is 0 Å². The maximum atomic E-state index is 14.7. The van der Waals surface area contributed by atoms with Crippen LogP contribution in [0.5, 0.6) is 0 Å². The van der Waals surface area contributed by atoms with E-state index in [1.165, 1.54) is 49.7 Å². The summed E-state index contributed by atoms with van der Waals surface area (Å²) in [6, 6.07) is 14.3. The molecule has 0 nitrogen and oxygen atoms in total. The minimum atomic E-state index is -0.0728. The van der Waals surface area contributed by atoms with Crippen molar-refractivity contribution in [2.75, 3.05) is 0 Å². The van der Waals surface area contributed by atoms with Crippen molar-refractivity contribution >= 4 is 0 Å². The Labute approximate surface area is 152 Å². The summed E-state index contributed by atoms with van der Waals surface area (Å²) in [4.78, 5) is 0. The number of hydrogen-bond acceptors (Lipinski definition) is 0. The highest BCUT2D eigenvalue weighted by atomic mass is 19.1. The Hall–Kier alpha value is -1.63. The number of halogens is 1. The lowest BCUT2D eigenvalue weighted by atomic mass is 9.77. The van der Waals surface area contributed by atoms with E-state index in [0.29, 0.717) is 5.92 Å². The monoisotopic (exact) mass is 338 g/mol. The highest BCUT2D eigenvalue weighted by Crippen LogP contribution is 2.38. The van der Waals surface area contributed by atoms with Gasteiger partial charge in [0.1, 0.15) is 5.82 Å². The molecular formula is C24H31F. The first-order valence-electron chi connectivity index (χ1n) is 10.1. The number of rotatable bonds is 6. The molecular weight excluding hydrogens is 307 g/mol. The molecule has 134 valence electrons. The van der Waals surface area contributed by atoms with Crippen LogP contribution >= 0.6 is 0 Å². The SMILES string of the molecule is CCCc1ccc(-c2ccc([C@H]3CC[C@H](CCC)CC3)cc2F)cc1. The molecule has 3 rings (SSSR count). The summed E-state index contributed by atoms with van der Waals surface area (Å²) >= 11 is 0. The Morgan fingerprint density at radius 3 is 2.20 bits per heavy atom. The molecule has 0 bridgehead atoms. The average Bonchev–Trinajstić information content (AvgIpc) is 2.64. The van der Waals surface area contributed by atoms with Gasteiger partial charge in [0.05, 0.1) is 0 Å². The average molecular weight is 339 g/mol. The molecule has 25 heavy (non-hydrogen) atoms. The summed E-state index contributed by atoms with van der Waals surface area (Å²) in [5.74, 6) is 1.37. The van der Waals surface area contributed by atoms with Crippen molar-refractivity contribution in [2.45, 2.75) is 71.1 Å². The van der Waals surface area contributed by atoms with Crippen molar-refractivity contribution in [3.8, 4) is 11.1 Å². The van der Waals surface area contributed by atoms with Gasteiger partial charge in [0, 0.05) is 5.56 Å². The molecule has 0 heterocycles. The van der Waals surface area contributed by atoms with Crippen LogP contribution in [0, 0.1) is 11.7 Å². The molecule has 1 saturated carbocycles. The zero-order valence-electron chi connectivity index (χ0n) is 15.7. The Morgan fingerprint density at radius 2 is 1.60 bits per heavy atom. The first-order valence-corrected chi connectivity index (χ1v) is 10.1. The molecule has 1 heteroatoms. The summed E-state index contributed by atoms with van der Waals surface area (Å²) in [5.41, 5.74) is 4.23. The molecule has 1 fully saturated rings. The van der Waals surface area contributed by atoms with E-state index in [1.54, 1.807) is 6.07 Å². The maximum Gasteiger partial charge on any atom is 0.131 e. The number of hydrogen-bond donors (Lipinski definition) is 0. The summed E-state index contributed by atoms with van der Waals surface area (Å²) in [6.07, 6.45) is 9.92. The van der Waals surface area contributed by atoms with Gasteiger partial charge >= 0.3 is 0 Å². The fraction of sp³-hybridized carbons (Fsp3) is 0.500. The molecule has 1 aliphatic carbocycles. The third-order valence-corrected chi connectivity index (χ3v) is 5.81. The molecule has 0 radical (unpaired) electrons. The molecule has 0 atom stereocenters. The van der Waals surface area contributed by atoms with Crippen molar-refractivity contribution in [1.29, 1.82) is 0 Å². The van der Waals surface area contributed by atoms with E-state index < -0.39 is 0 Å². The van der Waals surface area contributed by atoms with Crippen molar-refractivity contribution in [1.82, 2.24) is 0 Å². The predicted octanol–water partition coefficient (Wildman–Crippen LogP) is 7.52. The highest BCUT2D eigenvalue weighted by molar-refractivity contribution is 5.65. The second-order valence-corrected chi connectivity index (χ2v) is 7.69. The lowest BCUT2D eigenvalue weighted by Gasteiger charge is -2.28. The third kappa shape index (κ3) is 4.51. The van der Waals surface area contributed by atoms with E-state index >= 15 is 0 Å². The van der Waals surface area contributed by atoms with E-state index in [9.17, 15) is 4.39 Å². The minimum Gasteiger partial charge on any atom is -0.206 e. The molecule has 2 aromatic carbocycles. The second kappa shape index (κ2) is 8.65. The molecule has 0 spiro atoms. The van der Waals surface area contributed by atoms with Gasteiger partial charge in [0.25, 0.3) is 0 Å². The van der Waals surface area contributed by atoms with E-state index in [4.69, 9.17) is 0 Å². The maximum absolute atomic E-state index is 14.7. The van der Waals surface area contributed by atoms with Crippen molar-refractivity contribution < 1.29 is 4.39 Å². The Balaban J connectivity index is 1.71. The van der Waals surface area contributed by atoms with Gasteiger partial charge in [-0.3, -0.25) is 0 Å². The fourth-order valence-electron chi connectivity index (χ4n) is 4.35. The zero-order valence-corrected chi connectivity index (χ0v) is 15.7. The largest absolute Gasteiger partial charge is 0.206 e. The molecule has 0 aliphatic heterocycles. The van der Waals surface area contributed by atoms with Gasteiger partial charge in [-0.2, -0.15) is 0 Å². The van der Waals surface area contributed by atoms with Crippen molar-refractivity contribution in [3.05, 3.63) is 59.4 Å². The van der Waals surface area contributed by atoms with Crippen LogP contribution in [0.1, 0.15) is 75.8 Å². The van der Waals surface area contributed by atoms with Crippen LogP contribution in [0.25, 0.3) is 11.1 Å². The standard InChI is InChI=1S/C24H31F/c1-3-5-18-7-11-20(12-8-18)22-15-16-23(24(25)17-22)21-13-9-19(6-4-2)10-14-21/h9-10,13-18,20H,3-8,11-12H2,1-2H3/t18-,20-.